The Morgan fingerprint density at radius 1 is 1.40 bits per heavy atom. The van der Waals surface area contributed by atoms with Crippen molar-refractivity contribution in [2.45, 2.75) is 26.8 Å². The molecule has 0 bridgehead atoms. The van der Waals surface area contributed by atoms with Crippen LogP contribution in [0, 0.1) is 17.2 Å². The number of nitrogens with one attached hydrogen (secondary N) is 1. The highest BCUT2D eigenvalue weighted by atomic mass is 16.5. The number of carbonyl (C=O) groups excluding carboxylic acids is 2. The van der Waals surface area contributed by atoms with Crippen LogP contribution in [0.2, 0.25) is 0 Å². The van der Waals surface area contributed by atoms with Gasteiger partial charge in [0.05, 0.1) is 17.7 Å². The first-order valence-electron chi connectivity index (χ1n) is 6.36. The van der Waals surface area contributed by atoms with Gasteiger partial charge in [0.2, 0.25) is 0 Å². The van der Waals surface area contributed by atoms with E-state index >= 15 is 0 Å². The van der Waals surface area contributed by atoms with Crippen molar-refractivity contribution < 1.29 is 14.3 Å². The highest BCUT2D eigenvalue weighted by Gasteiger charge is 2.20. The van der Waals surface area contributed by atoms with E-state index in [0.29, 0.717) is 11.3 Å². The molecule has 0 fully saturated rings. The zero-order valence-corrected chi connectivity index (χ0v) is 11.8. The molecular formula is C15H18N2O3. The van der Waals surface area contributed by atoms with Crippen LogP contribution < -0.4 is 10.1 Å². The molecule has 1 N–H and O–H groups in total. The quantitative estimate of drug-likeness (QED) is 0.855. The molecule has 20 heavy (non-hydrogen) atoms. The fourth-order valence-corrected chi connectivity index (χ4v) is 1.76. The lowest BCUT2D eigenvalue weighted by molar-refractivity contribution is -0.129. The van der Waals surface area contributed by atoms with Crippen LogP contribution in [-0.2, 0) is 9.59 Å². The summed E-state index contributed by atoms with van der Waals surface area (Å²) in [7, 11) is 0. The van der Waals surface area contributed by atoms with Gasteiger partial charge in [0.15, 0.2) is 12.4 Å². The van der Waals surface area contributed by atoms with Crippen molar-refractivity contribution in [3.8, 4) is 11.8 Å². The molecule has 1 aromatic rings. The van der Waals surface area contributed by atoms with Gasteiger partial charge < -0.3 is 10.1 Å². The molecular weight excluding hydrogens is 256 g/mol. The molecule has 0 aliphatic heterocycles. The number of benzene rings is 1. The maximum absolute atomic E-state index is 11.7. The van der Waals surface area contributed by atoms with Crippen LogP contribution >= 0.6 is 0 Å². The van der Waals surface area contributed by atoms with Crippen molar-refractivity contribution in [1.29, 1.82) is 5.26 Å². The Morgan fingerprint density at radius 2 is 2.10 bits per heavy atom. The third kappa shape index (κ3) is 4.73. The van der Waals surface area contributed by atoms with Crippen LogP contribution in [0.15, 0.2) is 24.3 Å². The van der Waals surface area contributed by atoms with Crippen LogP contribution in [-0.4, -0.2) is 24.3 Å². The van der Waals surface area contributed by atoms with Gasteiger partial charge in [-0.05, 0) is 31.0 Å². The molecule has 1 rings (SSSR count). The van der Waals surface area contributed by atoms with E-state index in [-0.39, 0.29) is 24.2 Å². The Bertz CT molecular complexity index is 532. The predicted molar refractivity (Wildman–Crippen MR) is 74.1 cm³/mol. The normalized spacial score (nSPS) is 11.6. The van der Waals surface area contributed by atoms with E-state index in [1.165, 1.54) is 6.92 Å². The minimum absolute atomic E-state index is 0.0263. The lowest BCUT2D eigenvalue weighted by Gasteiger charge is -2.19. The van der Waals surface area contributed by atoms with Crippen LogP contribution in [0.5, 0.6) is 5.75 Å². The molecule has 0 saturated heterocycles. The van der Waals surface area contributed by atoms with Crippen LogP contribution in [0.4, 0.5) is 0 Å². The minimum atomic E-state index is -0.503. The second-order valence-electron chi connectivity index (χ2n) is 4.83. The van der Waals surface area contributed by atoms with Gasteiger partial charge >= 0.3 is 0 Å². The van der Waals surface area contributed by atoms with Crippen molar-refractivity contribution in [2.24, 2.45) is 5.92 Å². The highest BCUT2D eigenvalue weighted by Crippen LogP contribution is 2.12. The molecule has 1 amide bonds. The molecule has 1 aromatic carbocycles. The van der Waals surface area contributed by atoms with E-state index < -0.39 is 6.04 Å². The van der Waals surface area contributed by atoms with Crippen molar-refractivity contribution >= 4 is 11.7 Å². The molecule has 5 heteroatoms. The number of nitrogens with zero attached hydrogens (tertiary/aromatic N) is 1. The summed E-state index contributed by atoms with van der Waals surface area (Å²) in [6.45, 7) is 4.99. The number of hydrogen-bond donors (Lipinski definition) is 1. The first-order chi connectivity index (χ1) is 9.43. The van der Waals surface area contributed by atoms with Crippen LogP contribution in [0.25, 0.3) is 0 Å². The van der Waals surface area contributed by atoms with E-state index in [1.807, 2.05) is 19.9 Å². The monoisotopic (exact) mass is 274 g/mol. The van der Waals surface area contributed by atoms with Crippen molar-refractivity contribution in [1.82, 2.24) is 5.32 Å². The van der Waals surface area contributed by atoms with E-state index in [9.17, 15) is 9.59 Å². The first kappa shape index (κ1) is 15.7. The van der Waals surface area contributed by atoms with Gasteiger partial charge in [-0.25, -0.2) is 0 Å². The number of nitriles is 1. The molecule has 5 nitrogen and oxygen atoms in total. The summed E-state index contributed by atoms with van der Waals surface area (Å²) < 4.78 is 5.30. The molecule has 0 radical (unpaired) electrons. The van der Waals surface area contributed by atoms with E-state index in [0.717, 1.165) is 0 Å². The Labute approximate surface area is 118 Å². The summed E-state index contributed by atoms with van der Waals surface area (Å²) in [5.41, 5.74) is 0.465. The topological polar surface area (TPSA) is 79.2 Å². The second-order valence-corrected chi connectivity index (χ2v) is 4.83. The van der Waals surface area contributed by atoms with Crippen molar-refractivity contribution in [2.75, 3.05) is 6.61 Å². The number of rotatable bonds is 6. The zero-order chi connectivity index (χ0) is 15.1. The number of hydrogen-bond acceptors (Lipinski definition) is 4. The summed E-state index contributed by atoms with van der Waals surface area (Å²) in [5.74, 6) is 0.0302. The molecule has 0 aliphatic rings. The van der Waals surface area contributed by atoms with Gasteiger partial charge in [-0.15, -0.1) is 0 Å². The second kappa shape index (κ2) is 7.29. The molecule has 1 unspecified atom stereocenters. The summed E-state index contributed by atoms with van der Waals surface area (Å²) in [5, 5.41) is 11.4. The number of ether oxygens (including phenoxy) is 1. The third-order valence-electron chi connectivity index (χ3n) is 2.75. The average Bonchev–Trinajstić information content (AvgIpc) is 2.42. The van der Waals surface area contributed by atoms with E-state index in [4.69, 9.17) is 10.00 Å². The van der Waals surface area contributed by atoms with Crippen molar-refractivity contribution in [3.63, 3.8) is 0 Å². The third-order valence-corrected chi connectivity index (χ3v) is 2.75. The van der Waals surface area contributed by atoms with Gasteiger partial charge in [-0.2, -0.15) is 5.26 Å². The Kier molecular flexibility index (Phi) is 5.73. The maximum atomic E-state index is 11.7. The van der Waals surface area contributed by atoms with Crippen LogP contribution in [0.3, 0.4) is 0 Å². The van der Waals surface area contributed by atoms with Gasteiger partial charge in [0.25, 0.3) is 5.91 Å². The summed E-state index contributed by atoms with van der Waals surface area (Å²) in [6.07, 6.45) is 0. The van der Waals surface area contributed by atoms with Gasteiger partial charge in [-0.3, -0.25) is 9.59 Å². The Balaban J connectivity index is 2.55. The molecule has 106 valence electrons. The number of Topliss-reactive ketones (excluding diaryl/α,β-unsaturated/α-hetero) is 1. The SMILES string of the molecule is CC(=O)C(NC(=O)COc1cccc(C#N)c1)C(C)C. The Morgan fingerprint density at radius 3 is 2.65 bits per heavy atom. The van der Waals surface area contributed by atoms with Crippen LogP contribution in [0.1, 0.15) is 26.3 Å². The van der Waals surface area contributed by atoms with Gasteiger partial charge in [-0.1, -0.05) is 19.9 Å². The van der Waals surface area contributed by atoms with Gasteiger partial charge in [0.1, 0.15) is 5.75 Å². The average molecular weight is 274 g/mol. The Hall–Kier alpha value is -2.35. The highest BCUT2D eigenvalue weighted by molar-refractivity contribution is 5.88. The largest absolute Gasteiger partial charge is 0.484 e. The summed E-state index contributed by atoms with van der Waals surface area (Å²) >= 11 is 0. The minimum Gasteiger partial charge on any atom is -0.484 e. The zero-order valence-electron chi connectivity index (χ0n) is 11.8. The summed E-state index contributed by atoms with van der Waals surface area (Å²) in [6, 6.07) is 8.04. The standard InChI is InChI=1S/C15H18N2O3/c1-10(2)15(11(3)18)17-14(19)9-20-13-6-4-5-12(7-13)8-16/h4-7,10,15H,9H2,1-3H3,(H,17,19). The molecule has 0 saturated carbocycles. The smallest absolute Gasteiger partial charge is 0.258 e. The fourth-order valence-electron chi connectivity index (χ4n) is 1.76. The fraction of sp³-hybridized carbons (Fsp3) is 0.400. The molecule has 0 heterocycles. The number of amides is 1. The van der Waals surface area contributed by atoms with E-state index in [1.54, 1.807) is 24.3 Å². The lowest BCUT2D eigenvalue weighted by Crippen LogP contribution is -2.45. The molecule has 1 atom stereocenters. The number of carbonyl (C=O) groups is 2. The number of ketones is 1. The van der Waals surface area contributed by atoms with Gasteiger partial charge in [0, 0.05) is 0 Å². The summed E-state index contributed by atoms with van der Waals surface area (Å²) in [4.78, 5) is 23.1. The van der Waals surface area contributed by atoms with Crippen molar-refractivity contribution in [3.05, 3.63) is 29.8 Å². The molecule has 0 spiro atoms. The van der Waals surface area contributed by atoms with E-state index in [2.05, 4.69) is 5.32 Å². The first-order valence-corrected chi connectivity index (χ1v) is 6.36. The maximum Gasteiger partial charge on any atom is 0.258 e. The predicted octanol–water partition coefficient (Wildman–Crippen LogP) is 1.67. The molecule has 0 aliphatic carbocycles. The lowest BCUT2D eigenvalue weighted by atomic mass is 10.0. The molecule has 0 aromatic heterocycles.